The van der Waals surface area contributed by atoms with Gasteiger partial charge in [0.25, 0.3) is 5.56 Å². The maximum absolute atomic E-state index is 11.6. The minimum absolute atomic E-state index is 0.0702. The highest BCUT2D eigenvalue weighted by Crippen LogP contribution is 2.12. The lowest BCUT2D eigenvalue weighted by Crippen LogP contribution is -2.18. The summed E-state index contributed by atoms with van der Waals surface area (Å²) in [5, 5.41) is 8.88. The van der Waals surface area contributed by atoms with Gasteiger partial charge in [-0.15, -0.1) is 0 Å². The molecule has 0 bridgehead atoms. The van der Waals surface area contributed by atoms with Gasteiger partial charge in [-0.05, 0) is 36.2 Å². The molecule has 4 nitrogen and oxygen atoms in total. The molecule has 2 rings (SSSR count). The van der Waals surface area contributed by atoms with Crippen LogP contribution in [0.3, 0.4) is 0 Å². The SMILES string of the molecule is Cc1cc(C(=O)O)ccc1Cn1ccccc1=O. The highest BCUT2D eigenvalue weighted by atomic mass is 16.4. The molecule has 1 aromatic heterocycles. The van der Waals surface area contributed by atoms with E-state index in [1.165, 1.54) is 6.07 Å². The zero-order valence-corrected chi connectivity index (χ0v) is 9.96. The Morgan fingerprint density at radius 1 is 1.28 bits per heavy atom. The topological polar surface area (TPSA) is 59.3 Å². The summed E-state index contributed by atoms with van der Waals surface area (Å²) >= 11 is 0. The molecule has 92 valence electrons. The lowest BCUT2D eigenvalue weighted by atomic mass is 10.1. The van der Waals surface area contributed by atoms with Crippen LogP contribution in [0, 0.1) is 6.92 Å². The Hall–Kier alpha value is -2.36. The van der Waals surface area contributed by atoms with E-state index in [1.807, 2.05) is 6.92 Å². The van der Waals surface area contributed by atoms with Crippen LogP contribution in [0.1, 0.15) is 21.5 Å². The van der Waals surface area contributed by atoms with Crippen LogP contribution in [0.25, 0.3) is 0 Å². The zero-order valence-electron chi connectivity index (χ0n) is 9.96. The molecule has 0 atom stereocenters. The molecule has 0 fully saturated rings. The van der Waals surface area contributed by atoms with Crippen molar-refractivity contribution in [3.8, 4) is 0 Å². The normalized spacial score (nSPS) is 10.3. The zero-order chi connectivity index (χ0) is 13.1. The van der Waals surface area contributed by atoms with E-state index in [0.29, 0.717) is 6.54 Å². The average molecular weight is 243 g/mol. The molecule has 0 amide bonds. The van der Waals surface area contributed by atoms with Crippen LogP contribution in [0.4, 0.5) is 0 Å². The van der Waals surface area contributed by atoms with Gasteiger partial charge in [0, 0.05) is 12.3 Å². The van der Waals surface area contributed by atoms with Crippen LogP contribution >= 0.6 is 0 Å². The molecule has 1 N–H and O–H groups in total. The standard InChI is InChI=1S/C14H13NO3/c1-10-8-11(14(17)18)5-6-12(10)9-15-7-3-2-4-13(15)16/h2-8H,9H2,1H3,(H,17,18). The molecule has 1 heterocycles. The van der Waals surface area contributed by atoms with Crippen molar-refractivity contribution in [2.45, 2.75) is 13.5 Å². The number of rotatable bonds is 3. The van der Waals surface area contributed by atoms with Crippen LogP contribution < -0.4 is 5.56 Å². The Morgan fingerprint density at radius 2 is 2.06 bits per heavy atom. The minimum Gasteiger partial charge on any atom is -0.478 e. The van der Waals surface area contributed by atoms with Crippen LogP contribution in [-0.4, -0.2) is 15.6 Å². The maximum Gasteiger partial charge on any atom is 0.335 e. The van der Waals surface area contributed by atoms with Gasteiger partial charge < -0.3 is 9.67 Å². The second-order valence-electron chi connectivity index (χ2n) is 4.11. The van der Waals surface area contributed by atoms with Crippen LogP contribution in [0.2, 0.25) is 0 Å². The molecule has 0 aliphatic heterocycles. The first-order valence-electron chi connectivity index (χ1n) is 5.56. The largest absolute Gasteiger partial charge is 0.478 e. The lowest BCUT2D eigenvalue weighted by Gasteiger charge is -2.09. The molecular weight excluding hydrogens is 230 g/mol. The second-order valence-corrected chi connectivity index (χ2v) is 4.11. The van der Waals surface area contributed by atoms with Crippen molar-refractivity contribution in [2.75, 3.05) is 0 Å². The van der Waals surface area contributed by atoms with Gasteiger partial charge in [-0.3, -0.25) is 4.79 Å². The van der Waals surface area contributed by atoms with Crippen LogP contribution in [0.5, 0.6) is 0 Å². The van der Waals surface area contributed by atoms with Crippen molar-refractivity contribution >= 4 is 5.97 Å². The first-order valence-corrected chi connectivity index (χ1v) is 5.56. The first-order chi connectivity index (χ1) is 8.58. The van der Waals surface area contributed by atoms with Crippen molar-refractivity contribution in [1.82, 2.24) is 4.57 Å². The Labute approximate surface area is 104 Å². The summed E-state index contributed by atoms with van der Waals surface area (Å²) in [7, 11) is 0. The summed E-state index contributed by atoms with van der Waals surface area (Å²) in [6.45, 7) is 2.29. The van der Waals surface area contributed by atoms with E-state index in [1.54, 1.807) is 41.1 Å². The third kappa shape index (κ3) is 2.48. The second kappa shape index (κ2) is 4.87. The average Bonchev–Trinajstić information content (AvgIpc) is 2.34. The summed E-state index contributed by atoms with van der Waals surface area (Å²) in [4.78, 5) is 22.4. The molecule has 0 radical (unpaired) electrons. The quantitative estimate of drug-likeness (QED) is 0.895. The summed E-state index contributed by atoms with van der Waals surface area (Å²) < 4.78 is 1.59. The summed E-state index contributed by atoms with van der Waals surface area (Å²) in [6, 6.07) is 9.91. The number of aromatic nitrogens is 1. The predicted molar refractivity (Wildman–Crippen MR) is 67.9 cm³/mol. The highest BCUT2D eigenvalue weighted by Gasteiger charge is 2.06. The van der Waals surface area contributed by atoms with Gasteiger partial charge in [-0.25, -0.2) is 4.79 Å². The number of nitrogens with zero attached hydrogens (tertiary/aromatic N) is 1. The maximum atomic E-state index is 11.6. The van der Waals surface area contributed by atoms with Crippen molar-refractivity contribution in [1.29, 1.82) is 0 Å². The summed E-state index contributed by atoms with van der Waals surface area (Å²) in [6.07, 6.45) is 1.72. The van der Waals surface area contributed by atoms with E-state index in [2.05, 4.69) is 0 Å². The number of aryl methyl sites for hydroxylation is 1. The third-order valence-electron chi connectivity index (χ3n) is 2.83. The Morgan fingerprint density at radius 3 is 2.67 bits per heavy atom. The molecule has 0 unspecified atom stereocenters. The van der Waals surface area contributed by atoms with Gasteiger partial charge in [-0.1, -0.05) is 12.1 Å². The molecule has 2 aromatic rings. The Balaban J connectivity index is 2.33. The van der Waals surface area contributed by atoms with Gasteiger partial charge in [0.1, 0.15) is 0 Å². The Kier molecular flexibility index (Phi) is 3.28. The van der Waals surface area contributed by atoms with E-state index >= 15 is 0 Å². The van der Waals surface area contributed by atoms with Crippen molar-refractivity contribution in [2.24, 2.45) is 0 Å². The monoisotopic (exact) mass is 243 g/mol. The van der Waals surface area contributed by atoms with Crippen molar-refractivity contribution < 1.29 is 9.90 Å². The van der Waals surface area contributed by atoms with Crippen molar-refractivity contribution in [3.63, 3.8) is 0 Å². The van der Waals surface area contributed by atoms with E-state index in [0.717, 1.165) is 11.1 Å². The van der Waals surface area contributed by atoms with Crippen LogP contribution in [-0.2, 0) is 6.54 Å². The fourth-order valence-corrected chi connectivity index (χ4v) is 1.78. The molecule has 0 aliphatic carbocycles. The molecule has 0 aliphatic rings. The van der Waals surface area contributed by atoms with E-state index < -0.39 is 5.97 Å². The number of benzene rings is 1. The van der Waals surface area contributed by atoms with Gasteiger partial charge in [0.05, 0.1) is 12.1 Å². The van der Waals surface area contributed by atoms with Gasteiger partial charge in [-0.2, -0.15) is 0 Å². The lowest BCUT2D eigenvalue weighted by molar-refractivity contribution is 0.0697. The smallest absolute Gasteiger partial charge is 0.335 e. The summed E-state index contributed by atoms with van der Waals surface area (Å²) in [5.74, 6) is -0.943. The number of carboxylic acid groups (broad SMARTS) is 1. The number of pyridine rings is 1. The van der Waals surface area contributed by atoms with E-state index in [9.17, 15) is 9.59 Å². The molecular formula is C14H13NO3. The molecule has 0 saturated carbocycles. The number of aromatic carboxylic acids is 1. The number of carboxylic acids is 1. The molecule has 1 aromatic carbocycles. The molecule has 18 heavy (non-hydrogen) atoms. The van der Waals surface area contributed by atoms with Gasteiger partial charge in [0.2, 0.25) is 0 Å². The third-order valence-corrected chi connectivity index (χ3v) is 2.83. The summed E-state index contributed by atoms with van der Waals surface area (Å²) in [5.41, 5.74) is 2.00. The van der Waals surface area contributed by atoms with Crippen molar-refractivity contribution in [3.05, 3.63) is 69.6 Å². The first kappa shape index (κ1) is 12.1. The Bertz CT molecular complexity index is 643. The van der Waals surface area contributed by atoms with E-state index in [4.69, 9.17) is 5.11 Å². The number of hydrogen-bond acceptors (Lipinski definition) is 2. The number of hydrogen-bond donors (Lipinski definition) is 1. The number of carbonyl (C=O) groups is 1. The predicted octanol–water partition coefficient (Wildman–Crippen LogP) is 1.90. The highest BCUT2D eigenvalue weighted by molar-refractivity contribution is 5.87. The fourth-order valence-electron chi connectivity index (χ4n) is 1.78. The van der Waals surface area contributed by atoms with Crippen LogP contribution in [0.15, 0.2) is 47.4 Å². The fraction of sp³-hybridized carbons (Fsp3) is 0.143. The minimum atomic E-state index is -0.943. The molecule has 0 saturated heterocycles. The van der Waals surface area contributed by atoms with E-state index in [-0.39, 0.29) is 11.1 Å². The molecule has 4 heteroatoms. The van der Waals surface area contributed by atoms with Gasteiger partial charge in [0.15, 0.2) is 0 Å². The van der Waals surface area contributed by atoms with Gasteiger partial charge >= 0.3 is 5.97 Å². The molecule has 0 spiro atoms.